The third-order valence-corrected chi connectivity index (χ3v) is 5.46. The van der Waals surface area contributed by atoms with Gasteiger partial charge in [0.15, 0.2) is 0 Å². The van der Waals surface area contributed by atoms with Crippen molar-refractivity contribution in [1.29, 1.82) is 0 Å². The molecule has 2 nitrogen and oxygen atoms in total. The Morgan fingerprint density at radius 1 is 1.37 bits per heavy atom. The molecule has 3 rings (SSSR count). The molecule has 104 valence electrons. The first kappa shape index (κ1) is 13.7. The second-order valence-electron chi connectivity index (χ2n) is 5.50. The van der Waals surface area contributed by atoms with Crippen LogP contribution in [0.5, 0.6) is 0 Å². The van der Waals surface area contributed by atoms with Gasteiger partial charge in [0.2, 0.25) is 0 Å². The number of ether oxygens (including phenoxy) is 1. The maximum atomic E-state index is 6.17. The molecular weight excluding hydrogens is 281 g/mol. The number of hydrogen-bond donors (Lipinski definition) is 1. The average Bonchev–Trinajstić information content (AvgIpc) is 2.81. The van der Waals surface area contributed by atoms with E-state index in [9.17, 15) is 0 Å². The largest absolute Gasteiger partial charge is 0.382 e. The summed E-state index contributed by atoms with van der Waals surface area (Å²) in [5, 5.41) is 4.80. The van der Waals surface area contributed by atoms with Gasteiger partial charge in [-0.15, -0.1) is 0 Å². The van der Waals surface area contributed by atoms with Crippen molar-refractivity contribution < 1.29 is 4.74 Å². The van der Waals surface area contributed by atoms with Crippen LogP contribution < -0.4 is 5.32 Å². The van der Waals surface area contributed by atoms with E-state index in [0.29, 0.717) is 10.0 Å². The molecule has 0 bridgehead atoms. The highest BCUT2D eigenvalue weighted by Crippen LogP contribution is 2.63. The number of rotatable bonds is 5. The van der Waals surface area contributed by atoms with Crippen molar-refractivity contribution in [2.45, 2.75) is 18.8 Å². The molecule has 2 fully saturated rings. The van der Waals surface area contributed by atoms with Crippen LogP contribution in [0, 0.1) is 11.8 Å². The fourth-order valence-electron chi connectivity index (χ4n) is 3.75. The van der Waals surface area contributed by atoms with Crippen LogP contribution in [0.3, 0.4) is 0 Å². The number of hydrogen-bond acceptors (Lipinski definition) is 2. The van der Waals surface area contributed by atoms with E-state index >= 15 is 0 Å². The summed E-state index contributed by atoms with van der Waals surface area (Å²) in [7, 11) is 0. The minimum atomic E-state index is 0.269. The van der Waals surface area contributed by atoms with Gasteiger partial charge in [0.1, 0.15) is 0 Å². The molecule has 19 heavy (non-hydrogen) atoms. The topological polar surface area (TPSA) is 21.3 Å². The number of fused-ring (bicyclic) bond motifs is 1. The van der Waals surface area contributed by atoms with Crippen molar-refractivity contribution in [3.05, 3.63) is 33.8 Å². The number of piperidine rings is 1. The standard InChI is InChI=1S/C15H19Cl2NO/c1-2-19-6-5-11-12-8-18-9-15(11,12)10-3-4-13(16)14(17)7-10/h3-4,7,11-12,18H,2,5-6,8-9H2,1H3/t11-,12-,15-/m1/s1. The summed E-state index contributed by atoms with van der Waals surface area (Å²) in [5.41, 5.74) is 1.60. The molecule has 1 heterocycles. The van der Waals surface area contributed by atoms with E-state index in [1.54, 1.807) is 0 Å². The van der Waals surface area contributed by atoms with E-state index in [0.717, 1.165) is 44.6 Å². The maximum Gasteiger partial charge on any atom is 0.0595 e. The molecule has 4 heteroatoms. The highest BCUT2D eigenvalue weighted by Gasteiger charge is 2.66. The molecule has 1 saturated heterocycles. The molecule has 0 unspecified atom stereocenters. The molecular formula is C15H19Cl2NO. The maximum absolute atomic E-state index is 6.17. The molecule has 0 amide bonds. The number of halogens is 2. The highest BCUT2D eigenvalue weighted by molar-refractivity contribution is 6.42. The lowest BCUT2D eigenvalue weighted by Crippen LogP contribution is -2.24. The van der Waals surface area contributed by atoms with Crippen LogP contribution in [0.15, 0.2) is 18.2 Å². The van der Waals surface area contributed by atoms with Crippen LogP contribution in [-0.2, 0) is 10.2 Å². The Hall–Kier alpha value is -0.280. The lowest BCUT2D eigenvalue weighted by Gasteiger charge is -2.17. The van der Waals surface area contributed by atoms with Crippen molar-refractivity contribution in [1.82, 2.24) is 5.32 Å². The minimum absolute atomic E-state index is 0.269. The SMILES string of the molecule is CCOCC[C@@H]1[C@H]2CNC[C@@]12c1ccc(Cl)c(Cl)c1. The Morgan fingerprint density at radius 2 is 2.21 bits per heavy atom. The zero-order valence-corrected chi connectivity index (χ0v) is 12.6. The lowest BCUT2D eigenvalue weighted by atomic mass is 9.92. The Morgan fingerprint density at radius 3 is 2.95 bits per heavy atom. The highest BCUT2D eigenvalue weighted by atomic mass is 35.5. The second kappa shape index (κ2) is 5.25. The van der Waals surface area contributed by atoms with E-state index < -0.39 is 0 Å². The lowest BCUT2D eigenvalue weighted by molar-refractivity contribution is 0.137. The summed E-state index contributed by atoms with van der Waals surface area (Å²) in [6.45, 7) is 5.86. The normalized spacial score (nSPS) is 32.4. The quantitative estimate of drug-likeness (QED) is 0.840. The summed E-state index contributed by atoms with van der Waals surface area (Å²) >= 11 is 12.2. The molecule has 1 aromatic rings. The Balaban J connectivity index is 1.79. The van der Waals surface area contributed by atoms with Crippen molar-refractivity contribution in [3.8, 4) is 0 Å². The fourth-order valence-corrected chi connectivity index (χ4v) is 4.05. The van der Waals surface area contributed by atoms with Crippen LogP contribution >= 0.6 is 23.2 Å². The predicted octanol–water partition coefficient (Wildman–Crippen LogP) is 3.51. The van der Waals surface area contributed by atoms with E-state index in [-0.39, 0.29) is 5.41 Å². The van der Waals surface area contributed by atoms with E-state index in [2.05, 4.69) is 11.4 Å². The van der Waals surface area contributed by atoms with Crippen LogP contribution in [0.1, 0.15) is 18.9 Å². The first-order valence-corrected chi connectivity index (χ1v) is 7.69. The summed E-state index contributed by atoms with van der Waals surface area (Å²) in [4.78, 5) is 0. The molecule has 0 spiro atoms. The number of nitrogens with one attached hydrogen (secondary N) is 1. The molecule has 1 aliphatic heterocycles. The Bertz CT molecular complexity index is 479. The number of benzene rings is 1. The summed E-state index contributed by atoms with van der Waals surface area (Å²) in [5.74, 6) is 1.45. The summed E-state index contributed by atoms with van der Waals surface area (Å²) in [6, 6.07) is 6.10. The zero-order valence-electron chi connectivity index (χ0n) is 11.1. The van der Waals surface area contributed by atoms with Crippen molar-refractivity contribution in [3.63, 3.8) is 0 Å². The van der Waals surface area contributed by atoms with Crippen molar-refractivity contribution >= 4 is 23.2 Å². The minimum Gasteiger partial charge on any atom is -0.382 e. The van der Waals surface area contributed by atoms with Gasteiger partial charge < -0.3 is 10.1 Å². The predicted molar refractivity (Wildman–Crippen MR) is 79.1 cm³/mol. The average molecular weight is 300 g/mol. The summed E-state index contributed by atoms with van der Waals surface area (Å²) in [6.07, 6.45) is 1.14. The third-order valence-electron chi connectivity index (χ3n) is 4.72. The van der Waals surface area contributed by atoms with Gasteiger partial charge in [-0.05, 0) is 49.4 Å². The molecule has 1 aromatic carbocycles. The first-order valence-electron chi connectivity index (χ1n) is 6.94. The molecule has 0 radical (unpaired) electrons. The molecule has 0 aromatic heterocycles. The molecule has 1 saturated carbocycles. The van der Waals surface area contributed by atoms with Gasteiger partial charge in [-0.3, -0.25) is 0 Å². The van der Waals surface area contributed by atoms with E-state index in [1.807, 2.05) is 19.1 Å². The van der Waals surface area contributed by atoms with Gasteiger partial charge in [0.25, 0.3) is 0 Å². The van der Waals surface area contributed by atoms with Crippen molar-refractivity contribution in [2.75, 3.05) is 26.3 Å². The van der Waals surface area contributed by atoms with Gasteiger partial charge >= 0.3 is 0 Å². The van der Waals surface area contributed by atoms with E-state index in [4.69, 9.17) is 27.9 Å². The molecule has 2 aliphatic rings. The smallest absolute Gasteiger partial charge is 0.0595 e. The van der Waals surface area contributed by atoms with Crippen molar-refractivity contribution in [2.24, 2.45) is 11.8 Å². The van der Waals surface area contributed by atoms with Gasteiger partial charge in [-0.2, -0.15) is 0 Å². The second-order valence-corrected chi connectivity index (χ2v) is 6.31. The Kier molecular flexibility index (Phi) is 3.78. The van der Waals surface area contributed by atoms with Gasteiger partial charge in [0.05, 0.1) is 10.0 Å². The van der Waals surface area contributed by atoms with Gasteiger partial charge in [-0.25, -0.2) is 0 Å². The van der Waals surface area contributed by atoms with Gasteiger partial charge in [0, 0.05) is 25.2 Å². The summed E-state index contributed by atoms with van der Waals surface area (Å²) < 4.78 is 5.51. The zero-order chi connectivity index (χ0) is 13.5. The van der Waals surface area contributed by atoms with Crippen LogP contribution in [0.4, 0.5) is 0 Å². The van der Waals surface area contributed by atoms with E-state index in [1.165, 1.54) is 5.56 Å². The van der Waals surface area contributed by atoms with Crippen LogP contribution in [0.2, 0.25) is 10.0 Å². The molecule has 1 N–H and O–H groups in total. The Labute approximate surface area is 124 Å². The van der Waals surface area contributed by atoms with Gasteiger partial charge in [-0.1, -0.05) is 29.3 Å². The fraction of sp³-hybridized carbons (Fsp3) is 0.600. The third kappa shape index (κ3) is 2.19. The van der Waals surface area contributed by atoms with Crippen LogP contribution in [0.25, 0.3) is 0 Å². The monoisotopic (exact) mass is 299 g/mol. The van der Waals surface area contributed by atoms with Crippen LogP contribution in [-0.4, -0.2) is 26.3 Å². The molecule has 1 aliphatic carbocycles. The first-order chi connectivity index (χ1) is 9.20. The molecule has 3 atom stereocenters.